The SMILES string of the molecule is CNCc1cncn1C1CCCS(=O)(=O)C1. The maximum atomic E-state index is 11.6. The molecule has 2 heterocycles. The van der Waals surface area contributed by atoms with Gasteiger partial charge in [0, 0.05) is 18.8 Å². The van der Waals surface area contributed by atoms with Crippen LogP contribution in [0.3, 0.4) is 0 Å². The minimum Gasteiger partial charge on any atom is -0.329 e. The van der Waals surface area contributed by atoms with Gasteiger partial charge in [0.15, 0.2) is 9.84 Å². The summed E-state index contributed by atoms with van der Waals surface area (Å²) in [6.45, 7) is 0.719. The van der Waals surface area contributed by atoms with Gasteiger partial charge in [-0.15, -0.1) is 0 Å². The van der Waals surface area contributed by atoms with Gasteiger partial charge >= 0.3 is 0 Å². The van der Waals surface area contributed by atoms with E-state index in [0.29, 0.717) is 5.75 Å². The van der Waals surface area contributed by atoms with Crippen LogP contribution in [0.5, 0.6) is 0 Å². The van der Waals surface area contributed by atoms with Crippen molar-refractivity contribution in [3.05, 3.63) is 18.2 Å². The molecular weight excluding hydrogens is 226 g/mol. The van der Waals surface area contributed by atoms with Crippen molar-refractivity contribution in [2.75, 3.05) is 18.6 Å². The lowest BCUT2D eigenvalue weighted by molar-refractivity contribution is 0.456. The van der Waals surface area contributed by atoms with E-state index in [2.05, 4.69) is 10.3 Å². The quantitative estimate of drug-likeness (QED) is 0.832. The number of nitrogens with one attached hydrogen (secondary N) is 1. The van der Waals surface area contributed by atoms with Crippen LogP contribution in [0, 0.1) is 0 Å². The molecule has 0 amide bonds. The molecule has 1 aliphatic heterocycles. The lowest BCUT2D eigenvalue weighted by Gasteiger charge is -2.24. The molecule has 0 bridgehead atoms. The Bertz CT molecular complexity index is 452. The predicted molar refractivity (Wildman–Crippen MR) is 61.9 cm³/mol. The minimum absolute atomic E-state index is 0.0598. The Morgan fingerprint density at radius 3 is 3.12 bits per heavy atom. The average Bonchev–Trinajstić information content (AvgIpc) is 2.65. The number of sulfone groups is 1. The Hall–Kier alpha value is -0.880. The molecule has 5 nitrogen and oxygen atoms in total. The molecule has 0 saturated carbocycles. The van der Waals surface area contributed by atoms with Gasteiger partial charge in [0.2, 0.25) is 0 Å². The molecule has 1 atom stereocenters. The van der Waals surface area contributed by atoms with E-state index in [1.165, 1.54) is 0 Å². The van der Waals surface area contributed by atoms with Crippen molar-refractivity contribution in [2.24, 2.45) is 0 Å². The van der Waals surface area contributed by atoms with Crippen molar-refractivity contribution < 1.29 is 8.42 Å². The molecule has 1 aromatic rings. The van der Waals surface area contributed by atoms with Gasteiger partial charge in [-0.2, -0.15) is 0 Å². The largest absolute Gasteiger partial charge is 0.329 e. The van der Waals surface area contributed by atoms with E-state index >= 15 is 0 Å². The highest BCUT2D eigenvalue weighted by molar-refractivity contribution is 7.91. The van der Waals surface area contributed by atoms with Gasteiger partial charge in [-0.1, -0.05) is 0 Å². The first-order valence-corrected chi connectivity index (χ1v) is 7.30. The van der Waals surface area contributed by atoms with Crippen molar-refractivity contribution in [3.63, 3.8) is 0 Å². The maximum Gasteiger partial charge on any atom is 0.152 e. The lowest BCUT2D eigenvalue weighted by Crippen LogP contribution is -2.28. The smallest absolute Gasteiger partial charge is 0.152 e. The van der Waals surface area contributed by atoms with E-state index in [9.17, 15) is 8.42 Å². The first-order chi connectivity index (χ1) is 7.62. The highest BCUT2D eigenvalue weighted by Gasteiger charge is 2.26. The van der Waals surface area contributed by atoms with Crippen molar-refractivity contribution in [1.82, 2.24) is 14.9 Å². The van der Waals surface area contributed by atoms with Crippen LogP contribution >= 0.6 is 0 Å². The zero-order chi connectivity index (χ0) is 11.6. The number of hydrogen-bond acceptors (Lipinski definition) is 4. The first-order valence-electron chi connectivity index (χ1n) is 5.48. The van der Waals surface area contributed by atoms with Crippen LogP contribution in [0.25, 0.3) is 0 Å². The van der Waals surface area contributed by atoms with Crippen LogP contribution in [-0.2, 0) is 16.4 Å². The standard InChI is InChI=1S/C10H17N3O2S/c1-11-5-10-6-12-8-13(10)9-3-2-4-16(14,15)7-9/h6,8-9,11H,2-5,7H2,1H3. The maximum absolute atomic E-state index is 11.6. The topological polar surface area (TPSA) is 64.0 Å². The number of hydrogen-bond donors (Lipinski definition) is 1. The van der Waals surface area contributed by atoms with Gasteiger partial charge in [0.1, 0.15) is 0 Å². The average molecular weight is 243 g/mol. The Morgan fingerprint density at radius 2 is 2.44 bits per heavy atom. The lowest BCUT2D eigenvalue weighted by atomic mass is 10.2. The van der Waals surface area contributed by atoms with Crippen molar-refractivity contribution in [2.45, 2.75) is 25.4 Å². The highest BCUT2D eigenvalue weighted by atomic mass is 32.2. The van der Waals surface area contributed by atoms with Gasteiger partial charge in [-0.3, -0.25) is 0 Å². The van der Waals surface area contributed by atoms with Crippen LogP contribution in [-0.4, -0.2) is 36.5 Å². The minimum atomic E-state index is -2.86. The Balaban J connectivity index is 2.20. The molecule has 1 aliphatic rings. The van der Waals surface area contributed by atoms with Crippen LogP contribution < -0.4 is 5.32 Å². The fourth-order valence-electron chi connectivity index (χ4n) is 2.20. The van der Waals surface area contributed by atoms with Crippen molar-refractivity contribution in [3.8, 4) is 0 Å². The van der Waals surface area contributed by atoms with E-state index in [1.54, 1.807) is 12.5 Å². The van der Waals surface area contributed by atoms with Gasteiger partial charge < -0.3 is 9.88 Å². The molecule has 0 spiro atoms. The second kappa shape index (κ2) is 4.55. The Morgan fingerprint density at radius 1 is 1.62 bits per heavy atom. The summed E-state index contributed by atoms with van der Waals surface area (Å²) in [6, 6.07) is 0.0598. The summed E-state index contributed by atoms with van der Waals surface area (Å²) in [5.74, 6) is 0.583. The molecule has 1 N–H and O–H groups in total. The summed E-state index contributed by atoms with van der Waals surface area (Å²) in [6.07, 6.45) is 5.20. The third kappa shape index (κ3) is 2.44. The molecule has 0 aromatic carbocycles. The second-order valence-electron chi connectivity index (χ2n) is 4.23. The fraction of sp³-hybridized carbons (Fsp3) is 0.700. The van der Waals surface area contributed by atoms with E-state index in [0.717, 1.165) is 25.1 Å². The molecule has 0 radical (unpaired) electrons. The fourth-order valence-corrected chi connectivity index (χ4v) is 3.88. The van der Waals surface area contributed by atoms with E-state index in [1.807, 2.05) is 11.6 Å². The van der Waals surface area contributed by atoms with Crippen molar-refractivity contribution >= 4 is 9.84 Å². The molecule has 1 aromatic heterocycles. The third-order valence-electron chi connectivity index (χ3n) is 2.94. The number of nitrogens with zero attached hydrogens (tertiary/aromatic N) is 2. The van der Waals surface area contributed by atoms with Gasteiger partial charge in [0.25, 0.3) is 0 Å². The summed E-state index contributed by atoms with van der Waals surface area (Å²) in [7, 11) is -0.989. The summed E-state index contributed by atoms with van der Waals surface area (Å²) in [4.78, 5) is 4.09. The van der Waals surface area contributed by atoms with Crippen LogP contribution in [0.15, 0.2) is 12.5 Å². The molecule has 2 rings (SSSR count). The van der Waals surface area contributed by atoms with E-state index in [4.69, 9.17) is 0 Å². The molecule has 6 heteroatoms. The Labute approximate surface area is 95.8 Å². The second-order valence-corrected chi connectivity index (χ2v) is 6.46. The van der Waals surface area contributed by atoms with E-state index < -0.39 is 9.84 Å². The van der Waals surface area contributed by atoms with Gasteiger partial charge in [-0.05, 0) is 19.9 Å². The monoisotopic (exact) mass is 243 g/mol. The zero-order valence-corrected chi connectivity index (χ0v) is 10.2. The molecule has 1 unspecified atom stereocenters. The summed E-state index contributed by atoms with van der Waals surface area (Å²) >= 11 is 0. The summed E-state index contributed by atoms with van der Waals surface area (Å²) < 4.78 is 25.1. The van der Waals surface area contributed by atoms with Crippen molar-refractivity contribution in [1.29, 1.82) is 0 Å². The number of rotatable bonds is 3. The zero-order valence-electron chi connectivity index (χ0n) is 9.39. The molecule has 1 fully saturated rings. The normalized spacial score (nSPS) is 24.4. The molecule has 0 aliphatic carbocycles. The Kier molecular flexibility index (Phi) is 3.30. The third-order valence-corrected chi connectivity index (χ3v) is 4.74. The predicted octanol–water partition coefficient (Wildman–Crippen LogP) is 0.352. The number of aromatic nitrogens is 2. The van der Waals surface area contributed by atoms with Crippen LogP contribution in [0.2, 0.25) is 0 Å². The van der Waals surface area contributed by atoms with Crippen LogP contribution in [0.1, 0.15) is 24.6 Å². The summed E-state index contributed by atoms with van der Waals surface area (Å²) in [5, 5.41) is 3.06. The number of imidazole rings is 1. The first kappa shape index (κ1) is 11.6. The molecule has 16 heavy (non-hydrogen) atoms. The van der Waals surface area contributed by atoms with Gasteiger partial charge in [-0.25, -0.2) is 13.4 Å². The van der Waals surface area contributed by atoms with Crippen LogP contribution in [0.4, 0.5) is 0 Å². The van der Waals surface area contributed by atoms with E-state index in [-0.39, 0.29) is 11.8 Å². The molecule has 1 saturated heterocycles. The molecule has 90 valence electrons. The summed E-state index contributed by atoms with van der Waals surface area (Å²) in [5.41, 5.74) is 1.05. The molecular formula is C10H17N3O2S. The highest BCUT2D eigenvalue weighted by Crippen LogP contribution is 2.24. The van der Waals surface area contributed by atoms with Gasteiger partial charge in [0.05, 0.1) is 23.5 Å².